The van der Waals surface area contributed by atoms with Gasteiger partial charge in [-0.25, -0.2) is 9.97 Å². The molecule has 1 amide bonds. The van der Waals surface area contributed by atoms with Gasteiger partial charge in [0.15, 0.2) is 5.65 Å². The van der Waals surface area contributed by atoms with Gasteiger partial charge in [0.1, 0.15) is 22.6 Å². The number of nitrogen functional groups attached to an aromatic ring is 1. The number of benzene rings is 2. The van der Waals surface area contributed by atoms with Crippen molar-refractivity contribution in [2.75, 3.05) is 18.9 Å². The minimum atomic E-state index is -0.261. The molecule has 4 aromatic rings. The van der Waals surface area contributed by atoms with Crippen LogP contribution in [0.25, 0.3) is 22.2 Å². The fourth-order valence-electron chi connectivity index (χ4n) is 3.95. The van der Waals surface area contributed by atoms with Gasteiger partial charge >= 0.3 is 0 Å². The van der Waals surface area contributed by atoms with E-state index in [-0.39, 0.29) is 11.7 Å². The van der Waals surface area contributed by atoms with Gasteiger partial charge < -0.3 is 15.8 Å². The van der Waals surface area contributed by atoms with E-state index in [2.05, 4.69) is 17.3 Å². The molecule has 8 heteroatoms. The third-order valence-electron chi connectivity index (χ3n) is 5.78. The zero-order valence-corrected chi connectivity index (χ0v) is 20.3. The molecule has 0 aliphatic heterocycles. The van der Waals surface area contributed by atoms with Gasteiger partial charge in [-0.1, -0.05) is 44.7 Å². The first-order chi connectivity index (χ1) is 17.1. The van der Waals surface area contributed by atoms with Gasteiger partial charge in [0.25, 0.3) is 5.91 Å². The number of hydrogen-bond acceptors (Lipinski definition) is 6. The quantitative estimate of drug-likeness (QED) is 0.232. The van der Waals surface area contributed by atoms with Crippen LogP contribution in [0.4, 0.5) is 5.82 Å². The van der Waals surface area contributed by atoms with Crippen LogP contribution < -0.4 is 15.8 Å². The van der Waals surface area contributed by atoms with Gasteiger partial charge in [-0.15, -0.1) is 0 Å². The molecule has 3 N–H and O–H groups in total. The van der Waals surface area contributed by atoms with E-state index in [9.17, 15) is 4.79 Å². The first kappa shape index (κ1) is 24.2. The summed E-state index contributed by atoms with van der Waals surface area (Å²) >= 11 is 0. The summed E-state index contributed by atoms with van der Waals surface area (Å²) in [6.07, 6.45) is 7.26. The molecule has 0 saturated carbocycles. The molecule has 0 bridgehead atoms. The number of nitrogens with zero attached hydrogens (tertiary/aromatic N) is 4. The molecule has 0 spiro atoms. The van der Waals surface area contributed by atoms with Gasteiger partial charge in [-0.2, -0.15) is 9.78 Å². The molecule has 0 radical (unpaired) electrons. The summed E-state index contributed by atoms with van der Waals surface area (Å²) in [7, 11) is 0. The van der Waals surface area contributed by atoms with Crippen LogP contribution in [0.1, 0.15) is 61.9 Å². The van der Waals surface area contributed by atoms with E-state index >= 15 is 0 Å². The van der Waals surface area contributed by atoms with Gasteiger partial charge in [-0.05, 0) is 55.3 Å². The topological polar surface area (TPSA) is 107 Å². The van der Waals surface area contributed by atoms with Crippen molar-refractivity contribution in [1.82, 2.24) is 20.0 Å². The van der Waals surface area contributed by atoms with Crippen LogP contribution in [0, 0.1) is 0 Å². The van der Waals surface area contributed by atoms with Crippen LogP contribution >= 0.6 is 0 Å². The number of unbranched alkanes of at least 4 members (excludes halogenated alkanes) is 4. The van der Waals surface area contributed by atoms with Crippen molar-refractivity contribution >= 4 is 40.1 Å². The first-order valence-corrected chi connectivity index (χ1v) is 12.2. The maximum atomic E-state index is 13.2. The van der Waals surface area contributed by atoms with Gasteiger partial charge in [-0.3, -0.25) is 4.79 Å². The Labute approximate surface area is 205 Å². The zero-order valence-electron chi connectivity index (χ0n) is 20.3. The molecule has 35 heavy (non-hydrogen) atoms. The summed E-state index contributed by atoms with van der Waals surface area (Å²) in [5.74, 6) is 0.741. The lowest BCUT2D eigenvalue weighted by molar-refractivity contribution is 0.0955. The van der Waals surface area contributed by atoms with Gasteiger partial charge in [0, 0.05) is 6.54 Å². The van der Waals surface area contributed by atoms with E-state index in [1.807, 2.05) is 55.5 Å². The van der Waals surface area contributed by atoms with Crippen molar-refractivity contribution in [3.63, 3.8) is 0 Å². The number of rotatable bonds is 11. The number of para-hydroxylation sites is 2. The minimum absolute atomic E-state index is 0.209. The second-order valence-corrected chi connectivity index (χ2v) is 8.37. The van der Waals surface area contributed by atoms with E-state index in [1.165, 1.54) is 23.9 Å². The Hall–Kier alpha value is -3.94. The standard InChI is InChI=1S/C27H32N6O2/c1-3-5-6-7-10-17-29-27(34)23-24-26(32-22-12-9-8-11-21(22)31-24)33(25(23)28)30-18-19-13-15-20(16-14-19)35-4-2/h8-9,11-16,18H,3-7,10,17,28H2,1-2H3,(H,29,34)/b30-18-. The number of anilines is 1. The summed E-state index contributed by atoms with van der Waals surface area (Å²) in [6.45, 7) is 5.32. The van der Waals surface area contributed by atoms with Crippen LogP contribution in [-0.2, 0) is 0 Å². The van der Waals surface area contributed by atoms with Crippen LogP contribution in [0.15, 0.2) is 53.6 Å². The number of hydrogen-bond donors (Lipinski definition) is 2. The molecule has 8 nitrogen and oxygen atoms in total. The monoisotopic (exact) mass is 472 g/mol. The number of amides is 1. The van der Waals surface area contributed by atoms with Crippen molar-refractivity contribution in [2.45, 2.75) is 46.0 Å². The van der Waals surface area contributed by atoms with Gasteiger partial charge in [0.05, 0.1) is 23.9 Å². The number of nitrogens with one attached hydrogen (secondary N) is 1. The number of ether oxygens (including phenoxy) is 1. The second kappa shape index (κ2) is 11.5. The lowest BCUT2D eigenvalue weighted by atomic mass is 10.1. The van der Waals surface area contributed by atoms with Crippen molar-refractivity contribution in [2.24, 2.45) is 5.10 Å². The highest BCUT2D eigenvalue weighted by molar-refractivity contribution is 6.10. The fraction of sp³-hybridized carbons (Fsp3) is 0.333. The highest BCUT2D eigenvalue weighted by Gasteiger charge is 2.23. The van der Waals surface area contributed by atoms with E-state index in [1.54, 1.807) is 6.21 Å². The largest absolute Gasteiger partial charge is 0.494 e. The summed E-state index contributed by atoms with van der Waals surface area (Å²) in [5, 5.41) is 7.56. The maximum absolute atomic E-state index is 13.2. The molecule has 0 fully saturated rings. The fourth-order valence-corrected chi connectivity index (χ4v) is 3.95. The predicted molar refractivity (Wildman–Crippen MR) is 141 cm³/mol. The molecule has 4 rings (SSSR count). The minimum Gasteiger partial charge on any atom is -0.494 e. The van der Waals surface area contributed by atoms with E-state index in [4.69, 9.17) is 20.4 Å². The molecule has 2 aromatic heterocycles. The van der Waals surface area contributed by atoms with Crippen LogP contribution in [0.5, 0.6) is 5.75 Å². The highest BCUT2D eigenvalue weighted by Crippen LogP contribution is 2.28. The Morgan fingerprint density at radius 2 is 1.74 bits per heavy atom. The number of carbonyl (C=O) groups excluding carboxylic acids is 1. The van der Waals surface area contributed by atoms with E-state index in [0.717, 1.165) is 24.2 Å². The third-order valence-corrected chi connectivity index (χ3v) is 5.78. The van der Waals surface area contributed by atoms with Crippen LogP contribution in [0.2, 0.25) is 0 Å². The molecule has 0 atom stereocenters. The zero-order chi connectivity index (χ0) is 24.6. The van der Waals surface area contributed by atoms with Crippen LogP contribution in [0.3, 0.4) is 0 Å². The van der Waals surface area contributed by atoms with Gasteiger partial charge in [0.2, 0.25) is 0 Å². The highest BCUT2D eigenvalue weighted by atomic mass is 16.5. The predicted octanol–water partition coefficient (Wildman–Crippen LogP) is 5.15. The molecule has 182 valence electrons. The van der Waals surface area contributed by atoms with Crippen molar-refractivity contribution < 1.29 is 9.53 Å². The molecular weight excluding hydrogens is 440 g/mol. The Morgan fingerprint density at radius 3 is 2.46 bits per heavy atom. The molecule has 2 heterocycles. The normalized spacial score (nSPS) is 11.5. The Morgan fingerprint density at radius 1 is 1.03 bits per heavy atom. The summed E-state index contributed by atoms with van der Waals surface area (Å²) in [4.78, 5) is 22.6. The van der Waals surface area contributed by atoms with Crippen molar-refractivity contribution in [1.29, 1.82) is 0 Å². The molecule has 0 unspecified atom stereocenters. The van der Waals surface area contributed by atoms with Crippen molar-refractivity contribution in [3.05, 3.63) is 59.7 Å². The van der Waals surface area contributed by atoms with E-state index in [0.29, 0.717) is 40.9 Å². The Bertz CT molecular complexity index is 1330. The smallest absolute Gasteiger partial charge is 0.257 e. The summed E-state index contributed by atoms with van der Waals surface area (Å²) < 4.78 is 6.99. The summed E-state index contributed by atoms with van der Waals surface area (Å²) in [6, 6.07) is 15.1. The lowest BCUT2D eigenvalue weighted by Crippen LogP contribution is -2.25. The van der Waals surface area contributed by atoms with Crippen molar-refractivity contribution in [3.8, 4) is 5.75 Å². The molecular formula is C27H32N6O2. The van der Waals surface area contributed by atoms with E-state index < -0.39 is 0 Å². The second-order valence-electron chi connectivity index (χ2n) is 8.37. The molecule has 2 aromatic carbocycles. The van der Waals surface area contributed by atoms with Crippen LogP contribution in [-0.4, -0.2) is 39.9 Å². The summed E-state index contributed by atoms with van der Waals surface area (Å²) in [5.41, 5.74) is 9.91. The SMILES string of the molecule is CCCCCCCNC(=O)c1c(N)n(/N=C\c2ccc(OCC)cc2)c2nc3ccccc3nc12. The molecule has 0 saturated heterocycles. The average Bonchev–Trinajstić information content (AvgIpc) is 3.14. The lowest BCUT2D eigenvalue weighted by Gasteiger charge is -2.05. The number of carbonyl (C=O) groups is 1. The first-order valence-electron chi connectivity index (χ1n) is 12.2. The Kier molecular flexibility index (Phi) is 7.92. The molecule has 0 aliphatic carbocycles. The average molecular weight is 473 g/mol. The number of fused-ring (bicyclic) bond motifs is 2. The maximum Gasteiger partial charge on any atom is 0.257 e. The Balaban J connectivity index is 1.66. The third kappa shape index (κ3) is 5.59. The number of nitrogens with two attached hydrogens (primary N) is 1. The number of aromatic nitrogens is 3. The molecule has 0 aliphatic rings.